The molecule has 0 aliphatic carbocycles. The molecule has 4 rings (SSSR count). The molecule has 3 aromatic rings. The number of piperidine rings is 1. The zero-order chi connectivity index (χ0) is 25.0. The lowest BCUT2D eigenvalue weighted by molar-refractivity contribution is -0.137. The number of hydrogen-bond acceptors (Lipinski definition) is 3. The number of hydrogen-bond donors (Lipinski definition) is 2. The van der Waals surface area contributed by atoms with E-state index in [0.717, 1.165) is 61.5 Å². The van der Waals surface area contributed by atoms with Crippen molar-refractivity contribution in [2.75, 3.05) is 6.54 Å². The molecule has 186 valence electrons. The quantitative estimate of drug-likeness (QED) is 0.400. The highest BCUT2D eigenvalue weighted by molar-refractivity contribution is 6.34. The van der Waals surface area contributed by atoms with Gasteiger partial charge < -0.3 is 10.6 Å². The molecule has 2 atom stereocenters. The Morgan fingerprint density at radius 1 is 1.23 bits per heavy atom. The van der Waals surface area contributed by atoms with E-state index in [1.165, 1.54) is 12.1 Å². The smallest absolute Gasteiger partial charge is 0.344 e. The Morgan fingerprint density at radius 3 is 2.74 bits per heavy atom. The van der Waals surface area contributed by atoms with Crippen molar-refractivity contribution >= 4 is 17.5 Å². The minimum absolute atomic E-state index is 0.0599. The molecule has 2 aromatic carbocycles. The highest BCUT2D eigenvalue weighted by Gasteiger charge is 2.35. The minimum Gasteiger partial charge on any atom is -0.344 e. The van der Waals surface area contributed by atoms with Crippen LogP contribution in [0.2, 0.25) is 5.02 Å². The number of carbonyl (C=O) groups excluding carboxylic acids is 1. The second kappa shape index (κ2) is 10.8. The average Bonchev–Trinajstić information content (AvgIpc) is 3.31. The second-order valence-electron chi connectivity index (χ2n) is 8.79. The van der Waals surface area contributed by atoms with Crippen LogP contribution in [0.3, 0.4) is 0 Å². The van der Waals surface area contributed by atoms with Crippen LogP contribution in [0, 0.1) is 0 Å². The Labute approximate surface area is 207 Å². The van der Waals surface area contributed by atoms with Crippen molar-refractivity contribution in [2.45, 2.75) is 57.4 Å². The van der Waals surface area contributed by atoms with E-state index in [-0.39, 0.29) is 11.6 Å². The summed E-state index contributed by atoms with van der Waals surface area (Å²) in [5, 5.41) is 10.2. The molecule has 0 radical (unpaired) electrons. The van der Waals surface area contributed by atoms with Crippen molar-refractivity contribution in [3.05, 3.63) is 76.6 Å². The fourth-order valence-electron chi connectivity index (χ4n) is 4.50. The van der Waals surface area contributed by atoms with E-state index >= 15 is 0 Å². The third-order valence-corrected chi connectivity index (χ3v) is 6.66. The lowest BCUT2D eigenvalue weighted by atomic mass is 9.90. The van der Waals surface area contributed by atoms with E-state index in [4.69, 9.17) is 11.6 Å². The molecule has 1 amide bonds. The second-order valence-corrected chi connectivity index (χ2v) is 9.17. The SMILES string of the molecule is CCCn1cc(-c2cccc(C(NC(=O)c3cccc(C(F)(F)F)c3Cl)[C@@H]3CCCCN3)c2)cn1. The standard InChI is InChI=1S/C26H28ClF3N4O/c1-2-13-34-16-19(15-32-34)17-7-5-8-18(14-17)24(22-11-3-4-12-31-22)33-25(35)20-9-6-10-21(23(20)27)26(28,29)30/h5-10,14-16,22,24,31H,2-4,11-13H2,1H3,(H,33,35)/t22-,24?/m0/s1. The van der Waals surface area contributed by atoms with Gasteiger partial charge >= 0.3 is 6.18 Å². The number of benzene rings is 2. The maximum absolute atomic E-state index is 13.3. The average molecular weight is 505 g/mol. The Bertz CT molecular complexity index is 1170. The van der Waals surface area contributed by atoms with Gasteiger partial charge in [0, 0.05) is 24.3 Å². The molecule has 2 N–H and O–H groups in total. The molecular formula is C26H28ClF3N4O. The van der Waals surface area contributed by atoms with Crippen LogP contribution in [0.15, 0.2) is 54.9 Å². The largest absolute Gasteiger partial charge is 0.417 e. The maximum Gasteiger partial charge on any atom is 0.417 e. The van der Waals surface area contributed by atoms with E-state index in [1.807, 2.05) is 41.3 Å². The van der Waals surface area contributed by atoms with Crippen molar-refractivity contribution in [1.29, 1.82) is 0 Å². The van der Waals surface area contributed by atoms with E-state index in [0.29, 0.717) is 0 Å². The first kappa shape index (κ1) is 25.3. The fraction of sp³-hybridized carbons (Fsp3) is 0.385. The van der Waals surface area contributed by atoms with Crippen molar-refractivity contribution in [3.63, 3.8) is 0 Å². The molecule has 1 aliphatic rings. The molecule has 1 aliphatic heterocycles. The number of halogens is 4. The molecule has 35 heavy (non-hydrogen) atoms. The summed E-state index contributed by atoms with van der Waals surface area (Å²) in [6.07, 6.45) is 2.99. The first-order chi connectivity index (χ1) is 16.8. The van der Waals surface area contributed by atoms with Gasteiger partial charge in [-0.2, -0.15) is 18.3 Å². The number of rotatable bonds is 7. The number of amides is 1. The lowest BCUT2D eigenvalue weighted by Gasteiger charge is -2.32. The first-order valence-electron chi connectivity index (χ1n) is 11.8. The normalized spacial score (nSPS) is 17.2. The van der Waals surface area contributed by atoms with E-state index < -0.39 is 28.7 Å². The van der Waals surface area contributed by atoms with Crippen LogP contribution in [0.4, 0.5) is 13.2 Å². The van der Waals surface area contributed by atoms with E-state index in [2.05, 4.69) is 22.7 Å². The Morgan fingerprint density at radius 2 is 2.03 bits per heavy atom. The van der Waals surface area contributed by atoms with Gasteiger partial charge in [0.2, 0.25) is 0 Å². The van der Waals surface area contributed by atoms with Crippen LogP contribution < -0.4 is 10.6 Å². The molecule has 1 aromatic heterocycles. The topological polar surface area (TPSA) is 59.0 Å². The lowest BCUT2D eigenvalue weighted by Crippen LogP contribution is -2.46. The van der Waals surface area contributed by atoms with Gasteiger partial charge in [-0.1, -0.05) is 49.2 Å². The zero-order valence-electron chi connectivity index (χ0n) is 19.4. The number of alkyl halides is 3. The minimum atomic E-state index is -4.64. The third kappa shape index (κ3) is 5.87. The number of carbonyl (C=O) groups is 1. The molecule has 9 heteroatoms. The molecular weight excluding hydrogens is 477 g/mol. The molecule has 0 saturated carbocycles. The molecule has 1 fully saturated rings. The molecule has 1 saturated heterocycles. The number of aromatic nitrogens is 2. The van der Waals surface area contributed by atoms with Crippen molar-refractivity contribution in [2.24, 2.45) is 0 Å². The van der Waals surface area contributed by atoms with Crippen LogP contribution in [0.1, 0.15) is 60.1 Å². The third-order valence-electron chi connectivity index (χ3n) is 6.25. The van der Waals surface area contributed by atoms with Gasteiger partial charge in [0.1, 0.15) is 0 Å². The van der Waals surface area contributed by atoms with E-state index in [1.54, 1.807) is 0 Å². The van der Waals surface area contributed by atoms with Gasteiger partial charge in [-0.3, -0.25) is 9.48 Å². The van der Waals surface area contributed by atoms with Gasteiger partial charge in [-0.15, -0.1) is 0 Å². The van der Waals surface area contributed by atoms with Gasteiger partial charge in [-0.05, 0) is 55.1 Å². The summed E-state index contributed by atoms with van der Waals surface area (Å²) in [5.74, 6) is -0.639. The highest BCUT2D eigenvalue weighted by atomic mass is 35.5. The molecule has 0 spiro atoms. The van der Waals surface area contributed by atoms with Gasteiger partial charge in [0.15, 0.2) is 0 Å². The number of aryl methyl sites for hydroxylation is 1. The fourth-order valence-corrected chi connectivity index (χ4v) is 4.82. The summed E-state index contributed by atoms with van der Waals surface area (Å²) < 4.78 is 41.9. The maximum atomic E-state index is 13.3. The molecule has 0 bridgehead atoms. The molecule has 5 nitrogen and oxygen atoms in total. The number of nitrogens with one attached hydrogen (secondary N) is 2. The first-order valence-corrected chi connectivity index (χ1v) is 12.2. The predicted molar refractivity (Wildman–Crippen MR) is 130 cm³/mol. The van der Waals surface area contributed by atoms with Crippen LogP contribution in [-0.2, 0) is 12.7 Å². The van der Waals surface area contributed by atoms with Gasteiger partial charge in [0.05, 0.1) is 28.4 Å². The van der Waals surface area contributed by atoms with Gasteiger partial charge in [0.25, 0.3) is 5.91 Å². The molecule has 1 unspecified atom stereocenters. The molecule has 2 heterocycles. The number of nitrogens with zero attached hydrogens (tertiary/aromatic N) is 2. The monoisotopic (exact) mass is 504 g/mol. The summed E-state index contributed by atoms with van der Waals surface area (Å²) in [5.41, 5.74) is 1.56. The predicted octanol–water partition coefficient (Wildman–Crippen LogP) is 6.25. The van der Waals surface area contributed by atoms with Crippen molar-refractivity contribution in [1.82, 2.24) is 20.4 Å². The summed E-state index contributed by atoms with van der Waals surface area (Å²) >= 11 is 6.03. The Hall–Kier alpha value is -2.84. The van der Waals surface area contributed by atoms with Crippen LogP contribution in [0.25, 0.3) is 11.1 Å². The van der Waals surface area contributed by atoms with Crippen molar-refractivity contribution < 1.29 is 18.0 Å². The Kier molecular flexibility index (Phi) is 7.82. The summed E-state index contributed by atoms with van der Waals surface area (Å²) in [6.45, 7) is 3.72. The zero-order valence-corrected chi connectivity index (χ0v) is 20.2. The van der Waals surface area contributed by atoms with E-state index in [9.17, 15) is 18.0 Å². The summed E-state index contributed by atoms with van der Waals surface area (Å²) in [6, 6.07) is 10.7. The summed E-state index contributed by atoms with van der Waals surface area (Å²) in [7, 11) is 0. The van der Waals surface area contributed by atoms with Crippen LogP contribution >= 0.6 is 11.6 Å². The summed E-state index contributed by atoms with van der Waals surface area (Å²) in [4.78, 5) is 13.2. The van der Waals surface area contributed by atoms with Gasteiger partial charge in [-0.25, -0.2) is 0 Å². The highest BCUT2D eigenvalue weighted by Crippen LogP contribution is 2.36. The Balaban J connectivity index is 1.66. The van der Waals surface area contributed by atoms with Crippen LogP contribution in [0.5, 0.6) is 0 Å². The van der Waals surface area contributed by atoms with Crippen molar-refractivity contribution in [3.8, 4) is 11.1 Å². The van der Waals surface area contributed by atoms with Crippen LogP contribution in [-0.4, -0.2) is 28.3 Å².